The number of hydrogen-bond donors (Lipinski definition) is 0. The van der Waals surface area contributed by atoms with Crippen molar-refractivity contribution in [2.24, 2.45) is 5.92 Å². The summed E-state index contributed by atoms with van der Waals surface area (Å²) in [5.41, 5.74) is 0. The molecular weight excluding hydrogens is 116 g/mol. The van der Waals surface area contributed by atoms with Gasteiger partial charge in [0.15, 0.2) is 0 Å². The van der Waals surface area contributed by atoms with Crippen LogP contribution in [0.2, 0.25) is 0 Å². The molecule has 9 heavy (non-hydrogen) atoms. The van der Waals surface area contributed by atoms with Gasteiger partial charge in [-0.05, 0) is 19.9 Å². The second-order valence-corrected chi connectivity index (χ2v) is 1.83. The minimum absolute atomic E-state index is 0. The average Bonchev–Trinajstić information content (AvgIpc) is 1.81. The van der Waals surface area contributed by atoms with Gasteiger partial charge in [-0.2, -0.15) is 0 Å². The minimum atomic E-state index is -0.113. The van der Waals surface area contributed by atoms with Gasteiger partial charge in [0, 0.05) is 0 Å². The molecular formula is C7H12O2. The zero-order valence-electron chi connectivity index (χ0n) is 4.97. The number of hydrogen-bond acceptors (Lipinski definition) is 2. The molecule has 0 aromatic rings. The van der Waals surface area contributed by atoms with Gasteiger partial charge in [-0.25, -0.2) is 0 Å². The minimum Gasteiger partial charge on any atom is -0.430 e. The summed E-state index contributed by atoms with van der Waals surface area (Å²) in [6, 6.07) is 0. The van der Waals surface area contributed by atoms with Gasteiger partial charge < -0.3 is 4.74 Å². The van der Waals surface area contributed by atoms with Crippen LogP contribution in [0.4, 0.5) is 0 Å². The molecule has 0 aliphatic carbocycles. The predicted molar refractivity (Wildman–Crippen MR) is 35.7 cm³/mol. The Hall–Kier alpha value is -0.790. The molecule has 0 saturated carbocycles. The predicted octanol–water partition coefficient (Wildman–Crippen LogP) is 1.72. The molecule has 0 radical (unpaired) electrons. The molecule has 0 aromatic heterocycles. The maximum absolute atomic E-state index is 10.3. The Morgan fingerprint density at radius 3 is 2.33 bits per heavy atom. The van der Waals surface area contributed by atoms with Crippen molar-refractivity contribution >= 4 is 5.97 Å². The molecule has 52 valence electrons. The zero-order chi connectivity index (χ0) is 6.15. The maximum Gasteiger partial charge on any atom is 0.321 e. The van der Waals surface area contributed by atoms with Crippen LogP contribution in [0, 0.1) is 5.92 Å². The van der Waals surface area contributed by atoms with Crippen molar-refractivity contribution in [1.82, 2.24) is 0 Å². The highest BCUT2D eigenvalue weighted by molar-refractivity contribution is 5.82. The first-order valence-electron chi connectivity index (χ1n) is 2.63. The number of ether oxygens (including phenoxy) is 1. The van der Waals surface area contributed by atoms with E-state index in [2.05, 4.69) is 4.74 Å². The Morgan fingerprint density at radius 1 is 1.67 bits per heavy atom. The average molecular weight is 128 g/mol. The number of carbonyl (C=O) groups is 1. The van der Waals surface area contributed by atoms with Gasteiger partial charge in [0.2, 0.25) is 0 Å². The van der Waals surface area contributed by atoms with E-state index in [1.54, 1.807) is 0 Å². The maximum atomic E-state index is 10.3. The van der Waals surface area contributed by atoms with Gasteiger partial charge in [-0.15, -0.1) is 0 Å². The van der Waals surface area contributed by atoms with Crippen LogP contribution in [0.3, 0.4) is 0 Å². The summed E-state index contributed by atoms with van der Waals surface area (Å²) in [4.78, 5) is 10.3. The summed E-state index contributed by atoms with van der Waals surface area (Å²) in [6.07, 6.45) is 1.81. The lowest BCUT2D eigenvalue weighted by Gasteiger charge is -2.23. The number of rotatable bonds is 0. The van der Waals surface area contributed by atoms with Crippen molar-refractivity contribution in [3.8, 4) is 0 Å². The van der Waals surface area contributed by atoms with Crippen molar-refractivity contribution < 1.29 is 9.53 Å². The number of carbonyl (C=O) groups excluding carboxylic acids is 1. The van der Waals surface area contributed by atoms with Gasteiger partial charge >= 0.3 is 5.97 Å². The molecule has 2 nitrogen and oxygen atoms in total. The van der Waals surface area contributed by atoms with Crippen LogP contribution >= 0.6 is 0 Å². The van der Waals surface area contributed by atoms with Crippen LogP contribution < -0.4 is 0 Å². The molecule has 0 bridgehead atoms. The SMILES string of the molecule is C.CC=C1OC(=O)C1C. The number of esters is 1. The third kappa shape index (κ3) is 1.12. The highest BCUT2D eigenvalue weighted by Gasteiger charge is 2.31. The van der Waals surface area contributed by atoms with E-state index in [-0.39, 0.29) is 19.3 Å². The lowest BCUT2D eigenvalue weighted by molar-refractivity contribution is -0.155. The summed E-state index contributed by atoms with van der Waals surface area (Å²) in [5.74, 6) is 0.702. The van der Waals surface area contributed by atoms with Gasteiger partial charge in [-0.3, -0.25) is 4.79 Å². The van der Waals surface area contributed by atoms with Crippen LogP contribution in [-0.2, 0) is 9.53 Å². The van der Waals surface area contributed by atoms with Crippen LogP contribution in [-0.4, -0.2) is 5.97 Å². The first kappa shape index (κ1) is 8.21. The lowest BCUT2D eigenvalue weighted by Crippen LogP contribution is -2.29. The fourth-order valence-corrected chi connectivity index (χ4v) is 0.660. The van der Waals surface area contributed by atoms with Crippen molar-refractivity contribution in [1.29, 1.82) is 0 Å². The van der Waals surface area contributed by atoms with Crippen LogP contribution in [0.25, 0.3) is 0 Å². The molecule has 1 atom stereocenters. The molecule has 0 N–H and O–H groups in total. The van der Waals surface area contributed by atoms with Crippen molar-refractivity contribution in [3.05, 3.63) is 11.8 Å². The highest BCUT2D eigenvalue weighted by atomic mass is 16.6. The monoisotopic (exact) mass is 128 g/mol. The Balaban J connectivity index is 0.000000640. The molecule has 0 amide bonds. The molecule has 1 saturated heterocycles. The third-order valence-electron chi connectivity index (χ3n) is 1.28. The van der Waals surface area contributed by atoms with Crippen molar-refractivity contribution in [3.63, 3.8) is 0 Å². The lowest BCUT2D eigenvalue weighted by atomic mass is 10.1. The van der Waals surface area contributed by atoms with Crippen molar-refractivity contribution in [2.75, 3.05) is 0 Å². The largest absolute Gasteiger partial charge is 0.430 e. The van der Waals surface area contributed by atoms with Gasteiger partial charge in [-0.1, -0.05) is 7.43 Å². The molecule has 0 spiro atoms. The van der Waals surface area contributed by atoms with Gasteiger partial charge in [0.25, 0.3) is 0 Å². The Morgan fingerprint density at radius 2 is 2.22 bits per heavy atom. The first-order chi connectivity index (χ1) is 3.75. The van der Waals surface area contributed by atoms with E-state index >= 15 is 0 Å². The van der Waals surface area contributed by atoms with Crippen LogP contribution in [0.1, 0.15) is 21.3 Å². The summed E-state index contributed by atoms with van der Waals surface area (Å²) in [5, 5.41) is 0. The molecule has 0 aromatic carbocycles. The van der Waals surface area contributed by atoms with E-state index in [0.29, 0.717) is 0 Å². The smallest absolute Gasteiger partial charge is 0.321 e. The van der Waals surface area contributed by atoms with E-state index in [4.69, 9.17) is 0 Å². The molecule has 1 aliphatic heterocycles. The van der Waals surface area contributed by atoms with E-state index in [1.165, 1.54) is 0 Å². The van der Waals surface area contributed by atoms with E-state index in [1.807, 2.05) is 19.9 Å². The Bertz CT molecular complexity index is 147. The topological polar surface area (TPSA) is 26.3 Å². The van der Waals surface area contributed by atoms with E-state index in [9.17, 15) is 4.79 Å². The molecule has 2 heteroatoms. The Kier molecular flexibility index (Phi) is 2.43. The summed E-state index contributed by atoms with van der Waals surface area (Å²) >= 11 is 0. The van der Waals surface area contributed by atoms with Gasteiger partial charge in [0.05, 0.1) is 0 Å². The standard InChI is InChI=1S/C6H8O2.CH4/c1-3-5-4(2)6(7)8-5;/h3-4H,1-2H3;1H4. The molecule has 1 rings (SSSR count). The van der Waals surface area contributed by atoms with Crippen LogP contribution in [0.15, 0.2) is 11.8 Å². The number of allylic oxidation sites excluding steroid dienone is 1. The van der Waals surface area contributed by atoms with Crippen LogP contribution in [0.5, 0.6) is 0 Å². The molecule has 1 fully saturated rings. The zero-order valence-corrected chi connectivity index (χ0v) is 4.97. The third-order valence-corrected chi connectivity index (χ3v) is 1.28. The highest BCUT2D eigenvalue weighted by Crippen LogP contribution is 2.24. The fourth-order valence-electron chi connectivity index (χ4n) is 0.660. The van der Waals surface area contributed by atoms with Gasteiger partial charge in [0.1, 0.15) is 11.7 Å². The Labute approximate surface area is 55.5 Å². The molecule has 1 heterocycles. The fraction of sp³-hybridized carbons (Fsp3) is 0.571. The second kappa shape index (κ2) is 2.67. The molecule has 1 unspecified atom stereocenters. The quantitative estimate of drug-likeness (QED) is 0.464. The first-order valence-corrected chi connectivity index (χ1v) is 2.63. The second-order valence-electron chi connectivity index (χ2n) is 1.83. The summed E-state index contributed by atoms with van der Waals surface area (Å²) in [7, 11) is 0. The van der Waals surface area contributed by atoms with Crippen molar-refractivity contribution in [2.45, 2.75) is 21.3 Å². The number of cyclic esters (lactones) is 1. The van der Waals surface area contributed by atoms with E-state index < -0.39 is 0 Å². The summed E-state index contributed by atoms with van der Waals surface area (Å²) < 4.78 is 4.62. The molecule has 1 aliphatic rings. The normalized spacial score (nSPS) is 28.4. The van der Waals surface area contributed by atoms with E-state index in [0.717, 1.165) is 5.76 Å². The summed E-state index contributed by atoms with van der Waals surface area (Å²) in [6.45, 7) is 3.69.